The highest BCUT2D eigenvalue weighted by atomic mass is 32.2. The van der Waals surface area contributed by atoms with Crippen LogP contribution in [-0.4, -0.2) is 0 Å². The van der Waals surface area contributed by atoms with Crippen molar-refractivity contribution in [3.8, 4) is 22.3 Å². The summed E-state index contributed by atoms with van der Waals surface area (Å²) in [6.07, 6.45) is 18.5. The van der Waals surface area contributed by atoms with Crippen LogP contribution in [0, 0.1) is 5.92 Å². The molecule has 3 atom stereocenters. The van der Waals surface area contributed by atoms with E-state index in [-0.39, 0.29) is 11.8 Å². The number of benzene rings is 4. The molecule has 0 fully saturated rings. The van der Waals surface area contributed by atoms with Gasteiger partial charge in [-0.05, 0) is 74.4 Å². The molecule has 0 saturated carbocycles. The maximum absolute atomic E-state index is 4.35. The SMILES string of the molecule is C=Cc1c(-c2ccc3c(c2)SC2=CC=CCC23)cccc1C1c2ccccc2-c2ccccc2N/C=C/C=C\C1C. The second-order valence-electron chi connectivity index (χ2n) is 11.0. The zero-order valence-electron chi connectivity index (χ0n) is 23.3. The van der Waals surface area contributed by atoms with Crippen LogP contribution in [0.2, 0.25) is 0 Å². The fraction of sp³-hybridized carbons (Fsp3) is 0.128. The van der Waals surface area contributed by atoms with Crippen molar-refractivity contribution in [2.45, 2.75) is 30.1 Å². The Morgan fingerprint density at radius 2 is 1.61 bits per heavy atom. The van der Waals surface area contributed by atoms with E-state index < -0.39 is 0 Å². The molecular formula is C39H33NS. The van der Waals surface area contributed by atoms with Gasteiger partial charge in [0.25, 0.3) is 0 Å². The lowest BCUT2D eigenvalue weighted by atomic mass is 9.75. The van der Waals surface area contributed by atoms with Gasteiger partial charge in [-0.25, -0.2) is 0 Å². The van der Waals surface area contributed by atoms with Gasteiger partial charge in [-0.15, -0.1) is 0 Å². The van der Waals surface area contributed by atoms with Gasteiger partial charge in [0.15, 0.2) is 0 Å². The zero-order valence-corrected chi connectivity index (χ0v) is 24.1. The number of fused-ring (bicyclic) bond motifs is 6. The largest absolute Gasteiger partial charge is 0.361 e. The van der Waals surface area contributed by atoms with Gasteiger partial charge in [0.2, 0.25) is 0 Å². The van der Waals surface area contributed by atoms with Gasteiger partial charge in [-0.1, -0.05) is 135 Å². The Bertz CT molecular complexity index is 1770. The van der Waals surface area contributed by atoms with Crippen LogP contribution < -0.4 is 5.32 Å². The maximum atomic E-state index is 4.35. The minimum Gasteiger partial charge on any atom is -0.361 e. The first-order valence-corrected chi connectivity index (χ1v) is 15.3. The number of anilines is 1. The molecule has 3 unspecified atom stereocenters. The fourth-order valence-corrected chi connectivity index (χ4v) is 7.95. The third-order valence-electron chi connectivity index (χ3n) is 8.62. The van der Waals surface area contributed by atoms with Gasteiger partial charge < -0.3 is 5.32 Å². The van der Waals surface area contributed by atoms with Crippen LogP contribution in [0.4, 0.5) is 5.69 Å². The van der Waals surface area contributed by atoms with E-state index in [1.54, 1.807) is 0 Å². The smallest absolute Gasteiger partial charge is 0.0459 e. The van der Waals surface area contributed by atoms with Gasteiger partial charge in [0.1, 0.15) is 0 Å². The molecule has 200 valence electrons. The molecule has 2 heteroatoms. The van der Waals surface area contributed by atoms with E-state index in [1.807, 2.05) is 18.0 Å². The van der Waals surface area contributed by atoms with Crippen molar-refractivity contribution in [1.82, 2.24) is 0 Å². The summed E-state index contributed by atoms with van der Waals surface area (Å²) in [5.41, 5.74) is 11.4. The van der Waals surface area contributed by atoms with E-state index in [0.717, 1.165) is 12.1 Å². The Kier molecular flexibility index (Phi) is 6.86. The van der Waals surface area contributed by atoms with Crippen molar-refractivity contribution in [3.63, 3.8) is 0 Å². The number of para-hydroxylation sites is 1. The van der Waals surface area contributed by atoms with E-state index in [9.17, 15) is 0 Å². The van der Waals surface area contributed by atoms with Crippen LogP contribution in [0.25, 0.3) is 28.3 Å². The molecule has 2 aliphatic heterocycles. The van der Waals surface area contributed by atoms with Crippen molar-refractivity contribution in [3.05, 3.63) is 161 Å². The summed E-state index contributed by atoms with van der Waals surface area (Å²) in [6, 6.07) is 31.3. The summed E-state index contributed by atoms with van der Waals surface area (Å²) in [4.78, 5) is 2.85. The normalized spacial score (nSPS) is 22.1. The first-order chi connectivity index (χ1) is 20.2. The van der Waals surface area contributed by atoms with Crippen molar-refractivity contribution in [2.75, 3.05) is 5.32 Å². The summed E-state index contributed by atoms with van der Waals surface area (Å²) < 4.78 is 0. The van der Waals surface area contributed by atoms with E-state index in [1.165, 1.54) is 54.3 Å². The topological polar surface area (TPSA) is 12.0 Å². The average molecular weight is 548 g/mol. The Morgan fingerprint density at radius 1 is 0.805 bits per heavy atom. The summed E-state index contributed by atoms with van der Waals surface area (Å²) >= 11 is 1.93. The fourth-order valence-electron chi connectivity index (χ4n) is 6.67. The van der Waals surface area contributed by atoms with Crippen molar-refractivity contribution in [1.29, 1.82) is 0 Å². The van der Waals surface area contributed by atoms with Gasteiger partial charge in [-0.2, -0.15) is 0 Å². The van der Waals surface area contributed by atoms with Gasteiger partial charge in [0, 0.05) is 34.2 Å². The lowest BCUT2D eigenvalue weighted by Crippen LogP contribution is -2.13. The molecule has 1 N–H and O–H groups in total. The summed E-state index contributed by atoms with van der Waals surface area (Å²) in [7, 11) is 0. The monoisotopic (exact) mass is 547 g/mol. The van der Waals surface area contributed by atoms with Gasteiger partial charge in [-0.3, -0.25) is 0 Å². The third kappa shape index (κ3) is 4.63. The number of allylic oxidation sites excluding steroid dienone is 7. The third-order valence-corrected chi connectivity index (χ3v) is 9.85. The Hall–Kier alpha value is -4.27. The van der Waals surface area contributed by atoms with E-state index in [4.69, 9.17) is 0 Å². The maximum Gasteiger partial charge on any atom is 0.0459 e. The average Bonchev–Trinajstić information content (AvgIpc) is 3.38. The zero-order chi connectivity index (χ0) is 27.8. The molecule has 1 nitrogen and oxygen atoms in total. The summed E-state index contributed by atoms with van der Waals surface area (Å²) in [6.45, 7) is 6.68. The molecule has 0 amide bonds. The van der Waals surface area contributed by atoms with E-state index >= 15 is 0 Å². The molecule has 4 aromatic carbocycles. The Morgan fingerprint density at radius 3 is 2.51 bits per heavy atom. The van der Waals surface area contributed by atoms with E-state index in [2.05, 4.69) is 146 Å². The van der Waals surface area contributed by atoms with E-state index in [0.29, 0.717) is 5.92 Å². The number of thioether (sulfide) groups is 1. The molecule has 0 aromatic heterocycles. The predicted octanol–water partition coefficient (Wildman–Crippen LogP) is 11.0. The van der Waals surface area contributed by atoms with Crippen LogP contribution in [0.5, 0.6) is 0 Å². The standard InChI is InChI=1S/C39H33NS/c1-3-28-29(27-22-23-33-32-16-7-9-21-37(32)41-38(33)25-27)18-12-19-34(28)39-26(2)13-10-11-24-40-36-20-8-6-15-31(36)30-14-4-5-17-35(30)39/h3-15,17-26,32,39-40H,1,16H2,2H3/b13-10-,24-11+. The van der Waals surface area contributed by atoms with Crippen molar-refractivity contribution < 1.29 is 0 Å². The van der Waals surface area contributed by atoms with Crippen LogP contribution in [0.3, 0.4) is 0 Å². The minimum atomic E-state index is 0.151. The molecule has 4 aromatic rings. The Labute approximate surface area is 247 Å². The van der Waals surface area contributed by atoms with Crippen LogP contribution in [0.15, 0.2) is 144 Å². The second-order valence-corrected chi connectivity index (χ2v) is 12.1. The summed E-state index contributed by atoms with van der Waals surface area (Å²) in [5.74, 6) is 0.929. The lowest BCUT2D eigenvalue weighted by molar-refractivity contribution is 0.625. The summed E-state index contributed by atoms with van der Waals surface area (Å²) in [5, 5.41) is 3.51. The molecule has 41 heavy (non-hydrogen) atoms. The molecule has 1 aliphatic carbocycles. The highest BCUT2D eigenvalue weighted by Gasteiger charge is 2.30. The number of nitrogens with one attached hydrogen (secondary N) is 1. The molecule has 0 saturated heterocycles. The predicted molar refractivity (Wildman–Crippen MR) is 177 cm³/mol. The first-order valence-electron chi connectivity index (χ1n) is 14.5. The van der Waals surface area contributed by atoms with Crippen LogP contribution >= 0.6 is 11.8 Å². The minimum absolute atomic E-state index is 0.151. The van der Waals surface area contributed by atoms with Crippen molar-refractivity contribution in [2.24, 2.45) is 5.92 Å². The second kappa shape index (κ2) is 11.0. The number of hydrogen-bond donors (Lipinski definition) is 1. The molecule has 0 bridgehead atoms. The molecule has 7 rings (SSSR count). The van der Waals surface area contributed by atoms with Crippen LogP contribution in [-0.2, 0) is 0 Å². The first kappa shape index (κ1) is 25.7. The Balaban J connectivity index is 1.39. The highest BCUT2D eigenvalue weighted by Crippen LogP contribution is 2.52. The van der Waals surface area contributed by atoms with Gasteiger partial charge in [0.05, 0.1) is 0 Å². The van der Waals surface area contributed by atoms with Crippen molar-refractivity contribution >= 4 is 23.5 Å². The molecular weight excluding hydrogens is 515 g/mol. The molecule has 2 heterocycles. The highest BCUT2D eigenvalue weighted by molar-refractivity contribution is 8.03. The molecule has 3 aliphatic rings. The lowest BCUT2D eigenvalue weighted by Gasteiger charge is -2.28. The number of hydrogen-bond acceptors (Lipinski definition) is 2. The van der Waals surface area contributed by atoms with Gasteiger partial charge >= 0.3 is 0 Å². The number of rotatable bonds is 3. The quantitative estimate of drug-likeness (QED) is 0.274. The molecule has 0 spiro atoms. The van der Waals surface area contributed by atoms with Crippen LogP contribution in [0.1, 0.15) is 47.4 Å². The molecule has 0 radical (unpaired) electrons.